The molecule has 0 bridgehead atoms. The lowest BCUT2D eigenvalue weighted by molar-refractivity contribution is 0.452. The standard InChI is InChI=1S/C15H16BrNO/c1-11(13-7-3-5-9-15(13)18)17-10-12-6-2-4-8-14(12)16/h2-9,11,17-18H,10H2,1H3. The Hall–Kier alpha value is -1.32. The highest BCUT2D eigenvalue weighted by molar-refractivity contribution is 9.10. The molecule has 2 aromatic carbocycles. The number of phenolic OH excluding ortho intramolecular Hbond substituents is 1. The van der Waals surface area contributed by atoms with E-state index in [0.29, 0.717) is 5.75 Å². The Labute approximate surface area is 116 Å². The average molecular weight is 306 g/mol. The third-order valence-corrected chi connectivity index (χ3v) is 3.73. The summed E-state index contributed by atoms with van der Waals surface area (Å²) in [5.74, 6) is 0.338. The van der Waals surface area contributed by atoms with Crippen LogP contribution in [0.5, 0.6) is 5.75 Å². The first-order valence-electron chi connectivity index (χ1n) is 5.93. The van der Waals surface area contributed by atoms with Gasteiger partial charge < -0.3 is 10.4 Å². The number of nitrogens with one attached hydrogen (secondary N) is 1. The summed E-state index contributed by atoms with van der Waals surface area (Å²) in [6, 6.07) is 15.7. The van der Waals surface area contributed by atoms with Gasteiger partial charge in [-0.2, -0.15) is 0 Å². The predicted octanol–water partition coefficient (Wildman–Crippen LogP) is 4.01. The minimum absolute atomic E-state index is 0.110. The van der Waals surface area contributed by atoms with Gasteiger partial charge in [-0.15, -0.1) is 0 Å². The summed E-state index contributed by atoms with van der Waals surface area (Å²) in [4.78, 5) is 0. The van der Waals surface area contributed by atoms with E-state index in [1.54, 1.807) is 6.07 Å². The van der Waals surface area contributed by atoms with E-state index in [-0.39, 0.29) is 6.04 Å². The highest BCUT2D eigenvalue weighted by Crippen LogP contribution is 2.24. The fourth-order valence-corrected chi connectivity index (χ4v) is 2.29. The zero-order chi connectivity index (χ0) is 13.0. The van der Waals surface area contributed by atoms with Crippen molar-refractivity contribution < 1.29 is 5.11 Å². The van der Waals surface area contributed by atoms with Crippen molar-refractivity contribution in [1.29, 1.82) is 0 Å². The first-order chi connectivity index (χ1) is 8.68. The normalized spacial score (nSPS) is 12.3. The van der Waals surface area contributed by atoms with Crippen LogP contribution in [0.25, 0.3) is 0 Å². The smallest absolute Gasteiger partial charge is 0.120 e. The molecular formula is C15H16BrNO. The van der Waals surface area contributed by atoms with Gasteiger partial charge in [0.05, 0.1) is 0 Å². The maximum Gasteiger partial charge on any atom is 0.120 e. The van der Waals surface area contributed by atoms with E-state index >= 15 is 0 Å². The Morgan fingerprint density at radius 2 is 1.78 bits per heavy atom. The summed E-state index contributed by atoms with van der Waals surface area (Å²) in [7, 11) is 0. The van der Waals surface area contributed by atoms with Crippen LogP contribution in [0.2, 0.25) is 0 Å². The zero-order valence-corrected chi connectivity index (χ0v) is 11.8. The van der Waals surface area contributed by atoms with E-state index in [1.807, 2.05) is 43.3 Å². The van der Waals surface area contributed by atoms with Crippen LogP contribution in [-0.2, 0) is 6.54 Å². The Morgan fingerprint density at radius 1 is 1.11 bits per heavy atom. The van der Waals surface area contributed by atoms with Gasteiger partial charge >= 0.3 is 0 Å². The van der Waals surface area contributed by atoms with Crippen molar-refractivity contribution in [3.05, 3.63) is 64.1 Å². The van der Waals surface area contributed by atoms with Crippen LogP contribution in [0.15, 0.2) is 53.0 Å². The fraction of sp³-hybridized carbons (Fsp3) is 0.200. The van der Waals surface area contributed by atoms with Gasteiger partial charge in [-0.3, -0.25) is 0 Å². The van der Waals surface area contributed by atoms with Crippen LogP contribution in [0.1, 0.15) is 24.1 Å². The lowest BCUT2D eigenvalue weighted by Crippen LogP contribution is -2.18. The average Bonchev–Trinajstić information content (AvgIpc) is 2.38. The minimum Gasteiger partial charge on any atom is -0.508 e. The molecule has 2 rings (SSSR count). The van der Waals surface area contributed by atoms with E-state index < -0.39 is 0 Å². The van der Waals surface area contributed by atoms with Crippen LogP contribution in [0.3, 0.4) is 0 Å². The van der Waals surface area contributed by atoms with Crippen LogP contribution in [-0.4, -0.2) is 5.11 Å². The second-order valence-corrected chi connectivity index (χ2v) is 5.11. The lowest BCUT2D eigenvalue weighted by atomic mass is 10.1. The van der Waals surface area contributed by atoms with Crippen molar-refractivity contribution in [1.82, 2.24) is 5.32 Å². The third kappa shape index (κ3) is 3.12. The number of halogens is 1. The predicted molar refractivity (Wildman–Crippen MR) is 77.5 cm³/mol. The summed E-state index contributed by atoms with van der Waals surface area (Å²) < 4.78 is 1.10. The molecule has 0 amide bonds. The number of aromatic hydroxyl groups is 1. The molecule has 2 aromatic rings. The molecule has 2 nitrogen and oxygen atoms in total. The van der Waals surface area contributed by atoms with Gasteiger partial charge in [-0.05, 0) is 24.6 Å². The van der Waals surface area contributed by atoms with Crippen LogP contribution in [0, 0.1) is 0 Å². The number of para-hydroxylation sites is 1. The molecule has 3 heteroatoms. The highest BCUT2D eigenvalue weighted by Gasteiger charge is 2.09. The molecule has 0 fully saturated rings. The van der Waals surface area contributed by atoms with E-state index in [9.17, 15) is 5.11 Å². The molecule has 0 aromatic heterocycles. The van der Waals surface area contributed by atoms with Crippen molar-refractivity contribution in [2.75, 3.05) is 0 Å². The van der Waals surface area contributed by atoms with Crippen molar-refractivity contribution >= 4 is 15.9 Å². The first kappa shape index (κ1) is 13.1. The van der Waals surface area contributed by atoms with Crippen molar-refractivity contribution in [3.63, 3.8) is 0 Å². The number of benzene rings is 2. The van der Waals surface area contributed by atoms with Crippen LogP contribution >= 0.6 is 15.9 Å². The second-order valence-electron chi connectivity index (χ2n) is 4.25. The summed E-state index contributed by atoms with van der Waals surface area (Å²) in [6.07, 6.45) is 0. The second kappa shape index (κ2) is 6.03. The van der Waals surface area contributed by atoms with E-state index in [1.165, 1.54) is 5.56 Å². The summed E-state index contributed by atoms with van der Waals surface area (Å²) in [5, 5.41) is 13.2. The monoisotopic (exact) mass is 305 g/mol. The van der Waals surface area contributed by atoms with Crippen molar-refractivity contribution in [3.8, 4) is 5.75 Å². The SMILES string of the molecule is CC(NCc1ccccc1Br)c1ccccc1O. The molecule has 0 spiro atoms. The maximum absolute atomic E-state index is 9.78. The number of rotatable bonds is 4. The van der Waals surface area contributed by atoms with Gasteiger partial charge in [0.15, 0.2) is 0 Å². The molecule has 0 radical (unpaired) electrons. The van der Waals surface area contributed by atoms with Gasteiger partial charge in [0.25, 0.3) is 0 Å². The third-order valence-electron chi connectivity index (χ3n) is 2.96. The Bertz CT molecular complexity index is 527. The lowest BCUT2D eigenvalue weighted by Gasteiger charge is -2.16. The minimum atomic E-state index is 0.110. The molecule has 18 heavy (non-hydrogen) atoms. The fourth-order valence-electron chi connectivity index (χ4n) is 1.87. The molecule has 0 saturated carbocycles. The summed E-state index contributed by atoms with van der Waals surface area (Å²) >= 11 is 3.53. The summed E-state index contributed by atoms with van der Waals surface area (Å²) in [6.45, 7) is 2.81. The Morgan fingerprint density at radius 3 is 2.50 bits per heavy atom. The molecule has 94 valence electrons. The molecular weight excluding hydrogens is 290 g/mol. The van der Waals surface area contributed by atoms with E-state index in [4.69, 9.17) is 0 Å². The van der Waals surface area contributed by atoms with Gasteiger partial charge in [0, 0.05) is 22.6 Å². The topological polar surface area (TPSA) is 32.3 Å². The number of hydrogen-bond acceptors (Lipinski definition) is 2. The molecule has 1 unspecified atom stereocenters. The molecule has 0 heterocycles. The van der Waals surface area contributed by atoms with Gasteiger partial charge in [-0.1, -0.05) is 52.3 Å². The Kier molecular flexibility index (Phi) is 4.39. The molecule has 0 saturated heterocycles. The van der Waals surface area contributed by atoms with Crippen LogP contribution in [0.4, 0.5) is 0 Å². The Balaban J connectivity index is 2.03. The van der Waals surface area contributed by atoms with Gasteiger partial charge in [0.2, 0.25) is 0 Å². The maximum atomic E-state index is 9.78. The molecule has 0 aliphatic carbocycles. The number of hydrogen-bond donors (Lipinski definition) is 2. The largest absolute Gasteiger partial charge is 0.508 e. The molecule has 0 aliphatic heterocycles. The van der Waals surface area contributed by atoms with Gasteiger partial charge in [-0.25, -0.2) is 0 Å². The quantitative estimate of drug-likeness (QED) is 0.894. The first-order valence-corrected chi connectivity index (χ1v) is 6.72. The summed E-state index contributed by atoms with van der Waals surface area (Å²) in [5.41, 5.74) is 2.13. The van der Waals surface area contributed by atoms with Crippen molar-refractivity contribution in [2.45, 2.75) is 19.5 Å². The van der Waals surface area contributed by atoms with E-state index in [2.05, 4.69) is 27.3 Å². The molecule has 1 atom stereocenters. The van der Waals surface area contributed by atoms with Crippen LogP contribution < -0.4 is 5.32 Å². The number of phenols is 1. The highest BCUT2D eigenvalue weighted by atomic mass is 79.9. The van der Waals surface area contributed by atoms with E-state index in [0.717, 1.165) is 16.6 Å². The molecule has 2 N–H and O–H groups in total. The van der Waals surface area contributed by atoms with Crippen molar-refractivity contribution in [2.24, 2.45) is 0 Å². The van der Waals surface area contributed by atoms with Gasteiger partial charge in [0.1, 0.15) is 5.75 Å². The molecule has 0 aliphatic rings. The zero-order valence-electron chi connectivity index (χ0n) is 10.2.